The second-order valence-corrected chi connectivity index (χ2v) is 7.52. The van der Waals surface area contributed by atoms with Gasteiger partial charge in [-0.3, -0.25) is 9.48 Å². The standard InChI is InChI=1S/C17H17Cl2N3O2S/c1-10-13-8-15(16(24)20-5-2-6-23)25-17(13)22(21-10)9-11-3-4-12(18)7-14(11)19/h3-4,7-8,23H,2,5-6,9H2,1H3,(H,20,24). The van der Waals surface area contributed by atoms with Crippen LogP contribution in [0.25, 0.3) is 10.2 Å². The molecule has 2 heterocycles. The first-order valence-corrected chi connectivity index (χ1v) is 9.36. The number of carbonyl (C=O) groups is 1. The molecule has 0 spiro atoms. The van der Waals surface area contributed by atoms with E-state index in [4.69, 9.17) is 28.3 Å². The SMILES string of the molecule is Cc1nn(Cc2ccc(Cl)cc2Cl)c2sc(C(=O)NCCCO)cc12. The summed E-state index contributed by atoms with van der Waals surface area (Å²) in [5.74, 6) is -0.134. The zero-order valence-corrected chi connectivity index (χ0v) is 15.9. The van der Waals surface area contributed by atoms with E-state index in [9.17, 15) is 4.79 Å². The number of hydrogen-bond acceptors (Lipinski definition) is 4. The van der Waals surface area contributed by atoms with Crippen LogP contribution in [-0.4, -0.2) is 33.9 Å². The first kappa shape index (κ1) is 18.2. The van der Waals surface area contributed by atoms with Crippen molar-refractivity contribution in [1.29, 1.82) is 0 Å². The number of amides is 1. The Morgan fingerprint density at radius 2 is 2.16 bits per heavy atom. The fraction of sp³-hybridized carbons (Fsp3) is 0.294. The van der Waals surface area contributed by atoms with Crippen molar-refractivity contribution in [3.8, 4) is 0 Å². The average molecular weight is 398 g/mol. The fourth-order valence-corrected chi connectivity index (χ4v) is 4.06. The van der Waals surface area contributed by atoms with Crippen molar-refractivity contribution in [2.24, 2.45) is 0 Å². The van der Waals surface area contributed by atoms with Crippen LogP contribution >= 0.6 is 34.5 Å². The molecule has 132 valence electrons. The van der Waals surface area contributed by atoms with E-state index in [2.05, 4.69) is 10.4 Å². The molecule has 0 aliphatic heterocycles. The third-order valence-corrected chi connectivity index (χ3v) is 5.52. The van der Waals surface area contributed by atoms with E-state index in [1.54, 1.807) is 12.1 Å². The van der Waals surface area contributed by atoms with Crippen LogP contribution < -0.4 is 5.32 Å². The molecule has 0 unspecified atom stereocenters. The summed E-state index contributed by atoms with van der Waals surface area (Å²) in [6, 6.07) is 7.24. The molecule has 0 fully saturated rings. The molecule has 8 heteroatoms. The monoisotopic (exact) mass is 397 g/mol. The number of fused-ring (bicyclic) bond motifs is 1. The summed E-state index contributed by atoms with van der Waals surface area (Å²) >= 11 is 13.6. The van der Waals surface area contributed by atoms with Gasteiger partial charge < -0.3 is 10.4 Å². The molecular weight excluding hydrogens is 381 g/mol. The highest BCUT2D eigenvalue weighted by atomic mass is 35.5. The molecule has 3 aromatic rings. The number of aliphatic hydroxyl groups excluding tert-OH is 1. The quantitative estimate of drug-likeness (QED) is 0.620. The lowest BCUT2D eigenvalue weighted by Crippen LogP contribution is -2.24. The topological polar surface area (TPSA) is 67.2 Å². The Kier molecular flexibility index (Phi) is 5.64. The minimum atomic E-state index is -0.134. The van der Waals surface area contributed by atoms with Gasteiger partial charge in [0, 0.05) is 28.6 Å². The van der Waals surface area contributed by atoms with Gasteiger partial charge in [-0.05, 0) is 37.1 Å². The third-order valence-electron chi connectivity index (χ3n) is 3.79. The molecule has 0 radical (unpaired) electrons. The number of nitrogens with one attached hydrogen (secondary N) is 1. The van der Waals surface area contributed by atoms with Gasteiger partial charge in [0.05, 0.1) is 17.1 Å². The van der Waals surface area contributed by atoms with Crippen LogP contribution in [0.2, 0.25) is 10.0 Å². The maximum Gasteiger partial charge on any atom is 0.261 e. The maximum absolute atomic E-state index is 12.2. The molecule has 1 amide bonds. The van der Waals surface area contributed by atoms with Gasteiger partial charge in [-0.2, -0.15) is 5.10 Å². The molecule has 2 N–H and O–H groups in total. The van der Waals surface area contributed by atoms with Gasteiger partial charge in [0.2, 0.25) is 0 Å². The van der Waals surface area contributed by atoms with Crippen molar-refractivity contribution in [2.45, 2.75) is 19.9 Å². The number of thiophene rings is 1. The molecule has 0 saturated heterocycles. The van der Waals surface area contributed by atoms with E-state index in [-0.39, 0.29) is 12.5 Å². The molecule has 0 aliphatic carbocycles. The fourth-order valence-electron chi connectivity index (χ4n) is 2.51. The Balaban J connectivity index is 1.88. The summed E-state index contributed by atoms with van der Waals surface area (Å²) in [6.45, 7) is 2.94. The predicted molar refractivity (Wildman–Crippen MR) is 102 cm³/mol. The molecular formula is C17H17Cl2N3O2S. The highest BCUT2D eigenvalue weighted by Crippen LogP contribution is 2.30. The Labute approximate surface area is 159 Å². The van der Waals surface area contributed by atoms with Crippen molar-refractivity contribution < 1.29 is 9.90 Å². The Morgan fingerprint density at radius 3 is 2.88 bits per heavy atom. The van der Waals surface area contributed by atoms with E-state index in [0.29, 0.717) is 34.4 Å². The van der Waals surface area contributed by atoms with E-state index in [1.165, 1.54) is 11.3 Å². The number of nitrogens with zero attached hydrogens (tertiary/aromatic N) is 2. The van der Waals surface area contributed by atoms with E-state index < -0.39 is 0 Å². The lowest BCUT2D eigenvalue weighted by molar-refractivity contribution is 0.0955. The highest BCUT2D eigenvalue weighted by Gasteiger charge is 2.17. The van der Waals surface area contributed by atoms with Crippen molar-refractivity contribution in [2.75, 3.05) is 13.2 Å². The van der Waals surface area contributed by atoms with Gasteiger partial charge >= 0.3 is 0 Å². The van der Waals surface area contributed by atoms with Crippen LogP contribution in [0, 0.1) is 6.92 Å². The zero-order chi connectivity index (χ0) is 18.0. The first-order chi connectivity index (χ1) is 12.0. The normalized spacial score (nSPS) is 11.2. The van der Waals surface area contributed by atoms with Crippen molar-refractivity contribution in [3.05, 3.63) is 50.4 Å². The summed E-state index contributed by atoms with van der Waals surface area (Å²) in [5, 5.41) is 18.3. The van der Waals surface area contributed by atoms with Crippen LogP contribution in [0.15, 0.2) is 24.3 Å². The lowest BCUT2D eigenvalue weighted by atomic mass is 10.2. The minimum Gasteiger partial charge on any atom is -0.396 e. The summed E-state index contributed by atoms with van der Waals surface area (Å²) in [6.07, 6.45) is 0.540. The number of aromatic nitrogens is 2. The Hall–Kier alpha value is -1.60. The van der Waals surface area contributed by atoms with Gasteiger partial charge in [0.15, 0.2) is 0 Å². The molecule has 0 bridgehead atoms. The van der Waals surface area contributed by atoms with Crippen molar-refractivity contribution >= 4 is 50.7 Å². The van der Waals surface area contributed by atoms with Crippen LogP contribution in [-0.2, 0) is 6.54 Å². The van der Waals surface area contributed by atoms with Crippen molar-refractivity contribution in [3.63, 3.8) is 0 Å². The van der Waals surface area contributed by atoms with Gasteiger partial charge in [-0.1, -0.05) is 29.3 Å². The summed E-state index contributed by atoms with van der Waals surface area (Å²) < 4.78 is 1.86. The van der Waals surface area contributed by atoms with Gasteiger partial charge in [-0.15, -0.1) is 11.3 Å². The molecule has 2 aromatic heterocycles. The number of aliphatic hydroxyl groups is 1. The average Bonchev–Trinajstić information content (AvgIpc) is 3.12. The maximum atomic E-state index is 12.2. The van der Waals surface area contributed by atoms with Crippen LogP contribution in [0.1, 0.15) is 27.3 Å². The smallest absolute Gasteiger partial charge is 0.261 e. The van der Waals surface area contributed by atoms with Crippen molar-refractivity contribution in [1.82, 2.24) is 15.1 Å². The number of halogens is 2. The molecule has 25 heavy (non-hydrogen) atoms. The number of hydrogen-bond donors (Lipinski definition) is 2. The van der Waals surface area contributed by atoms with Crippen LogP contribution in [0.3, 0.4) is 0 Å². The predicted octanol–water partition coefficient (Wildman–Crippen LogP) is 3.87. The first-order valence-electron chi connectivity index (χ1n) is 7.79. The third kappa shape index (κ3) is 3.98. The van der Waals surface area contributed by atoms with Crippen LogP contribution in [0.5, 0.6) is 0 Å². The molecule has 1 aromatic carbocycles. The lowest BCUT2D eigenvalue weighted by Gasteiger charge is -2.06. The second kappa shape index (κ2) is 7.74. The molecule has 0 aliphatic rings. The van der Waals surface area contributed by atoms with Gasteiger partial charge in [-0.25, -0.2) is 0 Å². The van der Waals surface area contributed by atoms with E-state index >= 15 is 0 Å². The van der Waals surface area contributed by atoms with E-state index in [1.807, 2.05) is 23.7 Å². The molecule has 0 saturated carbocycles. The second-order valence-electron chi connectivity index (χ2n) is 5.64. The van der Waals surface area contributed by atoms with Gasteiger partial charge in [0.1, 0.15) is 4.83 Å². The highest BCUT2D eigenvalue weighted by molar-refractivity contribution is 7.20. The Morgan fingerprint density at radius 1 is 1.36 bits per heavy atom. The largest absolute Gasteiger partial charge is 0.396 e. The Bertz CT molecular complexity index is 920. The number of benzene rings is 1. The molecule has 0 atom stereocenters. The molecule has 3 rings (SSSR count). The molecule has 5 nitrogen and oxygen atoms in total. The summed E-state index contributed by atoms with van der Waals surface area (Å²) in [5.41, 5.74) is 1.78. The minimum absolute atomic E-state index is 0.0582. The number of carbonyl (C=O) groups excluding carboxylic acids is 1. The number of rotatable bonds is 6. The summed E-state index contributed by atoms with van der Waals surface area (Å²) in [7, 11) is 0. The number of aryl methyl sites for hydroxylation is 1. The summed E-state index contributed by atoms with van der Waals surface area (Å²) in [4.78, 5) is 13.8. The zero-order valence-electron chi connectivity index (χ0n) is 13.6. The van der Waals surface area contributed by atoms with Gasteiger partial charge in [0.25, 0.3) is 5.91 Å². The van der Waals surface area contributed by atoms with E-state index in [0.717, 1.165) is 21.5 Å². The van der Waals surface area contributed by atoms with Crippen LogP contribution in [0.4, 0.5) is 0 Å².